The molecule has 0 spiro atoms. The fourth-order valence-electron chi connectivity index (χ4n) is 4.37. The molecule has 31 heavy (non-hydrogen) atoms. The van der Waals surface area contributed by atoms with Gasteiger partial charge in [0.25, 0.3) is 5.91 Å². The largest absolute Gasteiger partial charge is 0.393 e. The van der Waals surface area contributed by atoms with E-state index < -0.39 is 0 Å². The number of nitrogens with one attached hydrogen (secondary N) is 2. The Kier molecular flexibility index (Phi) is 6.69. The predicted molar refractivity (Wildman–Crippen MR) is 120 cm³/mol. The molecule has 1 amide bonds. The summed E-state index contributed by atoms with van der Waals surface area (Å²) in [5.41, 5.74) is 0.979. The number of aliphatic hydroxyl groups excluding tert-OH is 1. The normalized spacial score (nSPS) is 22.9. The van der Waals surface area contributed by atoms with Gasteiger partial charge in [0.2, 0.25) is 5.95 Å². The molecular formula is C23H33N5O3. The molecule has 8 heteroatoms. The van der Waals surface area contributed by atoms with E-state index >= 15 is 0 Å². The fraction of sp³-hybridized carbons (Fsp3) is 0.609. The van der Waals surface area contributed by atoms with Gasteiger partial charge in [-0.3, -0.25) is 9.69 Å². The molecule has 1 aliphatic heterocycles. The lowest BCUT2D eigenvalue weighted by atomic mass is 9.93. The Morgan fingerprint density at radius 3 is 2.71 bits per heavy atom. The van der Waals surface area contributed by atoms with Gasteiger partial charge in [-0.25, -0.2) is 9.97 Å². The number of rotatable bonds is 6. The van der Waals surface area contributed by atoms with Gasteiger partial charge in [-0.2, -0.15) is 0 Å². The second kappa shape index (κ2) is 9.46. The van der Waals surface area contributed by atoms with Crippen LogP contribution in [0.2, 0.25) is 0 Å². The maximum absolute atomic E-state index is 12.9. The van der Waals surface area contributed by atoms with E-state index in [0.29, 0.717) is 11.5 Å². The third-order valence-corrected chi connectivity index (χ3v) is 6.05. The second-order valence-electron chi connectivity index (χ2n) is 9.34. The fourth-order valence-corrected chi connectivity index (χ4v) is 4.37. The molecule has 1 aromatic carbocycles. The van der Waals surface area contributed by atoms with Crippen LogP contribution in [0, 0.1) is 0 Å². The molecule has 0 unspecified atom stereocenters. The van der Waals surface area contributed by atoms with E-state index in [1.165, 1.54) is 0 Å². The molecule has 1 saturated heterocycles. The SMILES string of the molecule is CC(C)(CN1CCOCC1)NC(=O)c1ccc2cnc(NC3CCC(O)CC3)nc2c1. The van der Waals surface area contributed by atoms with Crippen LogP contribution in [0.4, 0.5) is 5.95 Å². The molecule has 1 saturated carbocycles. The first-order valence-corrected chi connectivity index (χ1v) is 11.2. The van der Waals surface area contributed by atoms with Gasteiger partial charge < -0.3 is 20.5 Å². The van der Waals surface area contributed by atoms with Crippen LogP contribution in [0.15, 0.2) is 24.4 Å². The lowest BCUT2D eigenvalue weighted by Crippen LogP contribution is -2.53. The van der Waals surface area contributed by atoms with E-state index in [9.17, 15) is 9.90 Å². The van der Waals surface area contributed by atoms with Crippen LogP contribution in [0.5, 0.6) is 0 Å². The summed E-state index contributed by atoms with van der Waals surface area (Å²) in [5.74, 6) is 0.466. The van der Waals surface area contributed by atoms with E-state index in [2.05, 4.69) is 25.5 Å². The van der Waals surface area contributed by atoms with E-state index in [-0.39, 0.29) is 23.6 Å². The summed E-state index contributed by atoms with van der Waals surface area (Å²) in [6.07, 6.45) is 5.01. The number of carbonyl (C=O) groups is 1. The Hall–Kier alpha value is -2.29. The highest BCUT2D eigenvalue weighted by Crippen LogP contribution is 2.22. The van der Waals surface area contributed by atoms with Crippen molar-refractivity contribution in [1.82, 2.24) is 20.2 Å². The maximum atomic E-state index is 12.9. The predicted octanol–water partition coefficient (Wildman–Crippen LogP) is 2.19. The van der Waals surface area contributed by atoms with Gasteiger partial charge in [-0.15, -0.1) is 0 Å². The van der Waals surface area contributed by atoms with Crippen molar-refractivity contribution < 1.29 is 14.6 Å². The molecule has 2 aliphatic rings. The summed E-state index contributed by atoms with van der Waals surface area (Å²) < 4.78 is 5.41. The summed E-state index contributed by atoms with van der Waals surface area (Å²) in [5, 5.41) is 17.1. The van der Waals surface area contributed by atoms with Crippen molar-refractivity contribution in [3.8, 4) is 0 Å². The molecule has 1 aliphatic carbocycles. The minimum atomic E-state index is -0.354. The number of aliphatic hydroxyl groups is 1. The summed E-state index contributed by atoms with van der Waals surface area (Å²) in [4.78, 5) is 24.3. The van der Waals surface area contributed by atoms with Crippen molar-refractivity contribution in [2.75, 3.05) is 38.2 Å². The zero-order chi connectivity index (χ0) is 21.8. The number of hydrogen-bond acceptors (Lipinski definition) is 7. The topological polar surface area (TPSA) is 99.6 Å². The quantitative estimate of drug-likeness (QED) is 0.650. The van der Waals surface area contributed by atoms with Gasteiger partial charge >= 0.3 is 0 Å². The van der Waals surface area contributed by atoms with Gasteiger partial charge in [0.05, 0.1) is 24.8 Å². The van der Waals surface area contributed by atoms with Gasteiger partial charge in [-0.1, -0.05) is 6.07 Å². The van der Waals surface area contributed by atoms with E-state index in [1.807, 2.05) is 32.0 Å². The molecular weight excluding hydrogens is 394 g/mol. The first-order valence-electron chi connectivity index (χ1n) is 11.2. The van der Waals surface area contributed by atoms with Gasteiger partial charge in [0.15, 0.2) is 0 Å². The Morgan fingerprint density at radius 2 is 1.97 bits per heavy atom. The van der Waals surface area contributed by atoms with E-state index in [1.54, 1.807) is 6.20 Å². The van der Waals surface area contributed by atoms with Gasteiger partial charge in [-0.05, 0) is 51.7 Å². The molecule has 0 radical (unpaired) electrons. The third kappa shape index (κ3) is 5.90. The third-order valence-electron chi connectivity index (χ3n) is 6.05. The van der Waals surface area contributed by atoms with Crippen LogP contribution in [-0.4, -0.2) is 76.4 Å². The maximum Gasteiger partial charge on any atom is 0.251 e. The average molecular weight is 428 g/mol. The number of benzene rings is 1. The summed E-state index contributed by atoms with van der Waals surface area (Å²) in [6, 6.07) is 5.81. The molecule has 1 aromatic heterocycles. The first-order chi connectivity index (χ1) is 14.9. The highest BCUT2D eigenvalue weighted by Gasteiger charge is 2.26. The highest BCUT2D eigenvalue weighted by molar-refractivity contribution is 5.98. The van der Waals surface area contributed by atoms with Crippen LogP contribution in [0.3, 0.4) is 0 Å². The van der Waals surface area contributed by atoms with Crippen LogP contribution >= 0.6 is 0 Å². The number of morpholine rings is 1. The second-order valence-corrected chi connectivity index (χ2v) is 9.34. The smallest absolute Gasteiger partial charge is 0.251 e. The molecule has 0 bridgehead atoms. The summed E-state index contributed by atoms with van der Waals surface area (Å²) in [6.45, 7) is 8.14. The van der Waals surface area contributed by atoms with Crippen molar-refractivity contribution in [3.05, 3.63) is 30.0 Å². The Bertz CT molecular complexity index is 905. The van der Waals surface area contributed by atoms with E-state index in [4.69, 9.17) is 4.74 Å². The number of carbonyl (C=O) groups excluding carboxylic acids is 1. The molecule has 2 heterocycles. The number of hydrogen-bond donors (Lipinski definition) is 3. The molecule has 0 atom stereocenters. The lowest BCUT2D eigenvalue weighted by molar-refractivity contribution is 0.0269. The molecule has 3 N–H and O–H groups in total. The van der Waals surface area contributed by atoms with Gasteiger partial charge in [0.1, 0.15) is 0 Å². The zero-order valence-electron chi connectivity index (χ0n) is 18.4. The molecule has 2 fully saturated rings. The summed E-state index contributed by atoms with van der Waals surface area (Å²) in [7, 11) is 0. The highest BCUT2D eigenvalue weighted by atomic mass is 16.5. The van der Waals surface area contributed by atoms with Crippen molar-refractivity contribution in [3.63, 3.8) is 0 Å². The standard InChI is InChI=1S/C23H33N5O3/c1-23(2,15-28-9-11-31-12-10-28)27-21(30)16-3-4-17-14-24-22(26-20(17)13-16)25-18-5-7-19(29)8-6-18/h3-4,13-14,18-19,29H,5-12,15H2,1-2H3,(H,27,30)(H,24,25,26). The van der Waals surface area contributed by atoms with Crippen LogP contribution < -0.4 is 10.6 Å². The first kappa shape index (κ1) is 21.9. The number of anilines is 1. The monoisotopic (exact) mass is 427 g/mol. The Balaban J connectivity index is 1.42. The van der Waals surface area contributed by atoms with Crippen LogP contribution in [0.25, 0.3) is 10.9 Å². The number of ether oxygens (including phenoxy) is 1. The minimum Gasteiger partial charge on any atom is -0.393 e. The molecule has 168 valence electrons. The van der Waals surface area contributed by atoms with Crippen molar-refractivity contribution in [2.24, 2.45) is 0 Å². The van der Waals surface area contributed by atoms with Crippen molar-refractivity contribution in [2.45, 2.75) is 57.2 Å². The van der Waals surface area contributed by atoms with E-state index in [0.717, 1.165) is 69.4 Å². The minimum absolute atomic E-state index is 0.102. The number of fused-ring (bicyclic) bond motifs is 1. The average Bonchev–Trinajstić information content (AvgIpc) is 2.75. The number of aromatic nitrogens is 2. The van der Waals surface area contributed by atoms with Crippen LogP contribution in [0.1, 0.15) is 49.9 Å². The van der Waals surface area contributed by atoms with Crippen molar-refractivity contribution in [1.29, 1.82) is 0 Å². The molecule has 2 aromatic rings. The van der Waals surface area contributed by atoms with Crippen LogP contribution in [-0.2, 0) is 4.74 Å². The Morgan fingerprint density at radius 1 is 1.23 bits per heavy atom. The lowest BCUT2D eigenvalue weighted by Gasteiger charge is -2.35. The zero-order valence-corrected chi connectivity index (χ0v) is 18.4. The summed E-state index contributed by atoms with van der Waals surface area (Å²) >= 11 is 0. The van der Waals surface area contributed by atoms with Crippen molar-refractivity contribution >= 4 is 22.8 Å². The van der Waals surface area contributed by atoms with Gasteiger partial charge in [0, 0.05) is 48.4 Å². The number of nitrogens with zero attached hydrogens (tertiary/aromatic N) is 3. The Labute approximate surface area is 183 Å². The molecule has 4 rings (SSSR count). The molecule has 8 nitrogen and oxygen atoms in total. The number of amides is 1.